The molecule has 186 valence electrons. The molecule has 2 heterocycles. The number of nitrogens with zero attached hydrogens (tertiary/aromatic N) is 2. The Morgan fingerprint density at radius 3 is 2.49 bits per heavy atom. The average Bonchev–Trinajstić information content (AvgIpc) is 2.87. The van der Waals surface area contributed by atoms with Gasteiger partial charge in [-0.05, 0) is 67.4 Å². The molecule has 0 amide bonds. The fourth-order valence-corrected chi connectivity index (χ4v) is 4.90. The highest BCUT2D eigenvalue weighted by molar-refractivity contribution is 6.35. The maximum atomic E-state index is 6.36. The topological polar surface area (TPSA) is 58.7 Å². The summed E-state index contributed by atoms with van der Waals surface area (Å²) in [5.74, 6) is 2.38. The number of rotatable bonds is 10. The second-order valence-electron chi connectivity index (χ2n) is 8.62. The third-order valence-electron chi connectivity index (χ3n) is 6.24. The molecule has 3 aromatic rings. The van der Waals surface area contributed by atoms with Crippen molar-refractivity contribution < 1.29 is 9.47 Å². The number of halogens is 2. The van der Waals surface area contributed by atoms with Crippen LogP contribution in [-0.2, 0) is 11.3 Å². The molecule has 0 radical (unpaired) electrons. The van der Waals surface area contributed by atoms with Gasteiger partial charge in [0.05, 0.1) is 12.8 Å². The number of aromatic nitrogens is 1. The Bertz CT molecular complexity index is 1080. The van der Waals surface area contributed by atoms with E-state index >= 15 is 0 Å². The molecule has 1 aliphatic rings. The van der Waals surface area contributed by atoms with Gasteiger partial charge in [0.2, 0.25) is 0 Å². The van der Waals surface area contributed by atoms with Crippen molar-refractivity contribution in [2.45, 2.75) is 25.4 Å². The fraction of sp³-hybridized carbons (Fsp3) is 0.370. The second kappa shape index (κ2) is 12.6. The fourth-order valence-electron chi connectivity index (χ4n) is 4.38. The lowest BCUT2D eigenvalue weighted by molar-refractivity contribution is 0.199. The molecule has 1 fully saturated rings. The van der Waals surface area contributed by atoms with E-state index in [2.05, 4.69) is 26.6 Å². The van der Waals surface area contributed by atoms with Crippen LogP contribution in [0.15, 0.2) is 54.7 Å². The van der Waals surface area contributed by atoms with Gasteiger partial charge in [0.1, 0.15) is 17.3 Å². The predicted octanol–water partition coefficient (Wildman–Crippen LogP) is 5.77. The molecule has 1 aromatic heterocycles. The second-order valence-corrected chi connectivity index (χ2v) is 9.50. The maximum absolute atomic E-state index is 6.36. The predicted molar refractivity (Wildman–Crippen MR) is 144 cm³/mol. The minimum absolute atomic E-state index is 0.577. The number of ether oxygens (including phenoxy) is 2. The van der Waals surface area contributed by atoms with Crippen LogP contribution in [-0.4, -0.2) is 51.4 Å². The van der Waals surface area contributed by atoms with Crippen molar-refractivity contribution in [1.29, 1.82) is 0 Å². The minimum Gasteiger partial charge on any atom is -0.455 e. The van der Waals surface area contributed by atoms with E-state index in [9.17, 15) is 0 Å². The zero-order chi connectivity index (χ0) is 24.6. The summed E-state index contributed by atoms with van der Waals surface area (Å²) >= 11 is 12.7. The molecule has 2 N–H and O–H groups in total. The Morgan fingerprint density at radius 1 is 1.06 bits per heavy atom. The molecule has 0 aliphatic carbocycles. The summed E-state index contributed by atoms with van der Waals surface area (Å²) in [6.07, 6.45) is 4.03. The van der Waals surface area contributed by atoms with E-state index < -0.39 is 0 Å². The van der Waals surface area contributed by atoms with Crippen LogP contribution in [0.1, 0.15) is 18.4 Å². The molecule has 2 aromatic carbocycles. The summed E-state index contributed by atoms with van der Waals surface area (Å²) in [5, 5.41) is 7.94. The first kappa shape index (κ1) is 25.7. The highest BCUT2D eigenvalue weighted by Gasteiger charge is 2.19. The van der Waals surface area contributed by atoms with Crippen molar-refractivity contribution in [3.05, 3.63) is 70.3 Å². The summed E-state index contributed by atoms with van der Waals surface area (Å²) in [4.78, 5) is 7.01. The molecule has 1 aliphatic heterocycles. The minimum atomic E-state index is 0.577. The quantitative estimate of drug-likeness (QED) is 0.335. The standard InChI is InChI=1S/C27H32Cl2N4O2/c1-30-23-8-11-33(12-9-23)26-7-6-24(18-32-26)35-25-5-3-4-19(17-31-10-13-34-2)27(25)20-14-21(28)16-22(29)15-20/h3-7,14-16,18,23,30-31H,8-13,17H2,1-2H3. The van der Waals surface area contributed by atoms with Crippen molar-refractivity contribution in [3.63, 3.8) is 0 Å². The molecule has 35 heavy (non-hydrogen) atoms. The lowest BCUT2D eigenvalue weighted by Crippen LogP contribution is -2.41. The normalized spacial score (nSPS) is 14.3. The Kier molecular flexibility index (Phi) is 9.24. The van der Waals surface area contributed by atoms with Crippen LogP contribution < -0.4 is 20.3 Å². The van der Waals surface area contributed by atoms with Crippen LogP contribution in [0.4, 0.5) is 5.82 Å². The van der Waals surface area contributed by atoms with Gasteiger partial charge >= 0.3 is 0 Å². The zero-order valence-corrected chi connectivity index (χ0v) is 21.7. The summed E-state index contributed by atoms with van der Waals surface area (Å²) in [6, 6.07) is 16.2. The molecule has 0 saturated carbocycles. The van der Waals surface area contributed by atoms with E-state index in [1.54, 1.807) is 19.4 Å². The van der Waals surface area contributed by atoms with E-state index in [1.165, 1.54) is 0 Å². The molecule has 6 nitrogen and oxygen atoms in total. The van der Waals surface area contributed by atoms with Gasteiger partial charge in [-0.3, -0.25) is 0 Å². The van der Waals surface area contributed by atoms with Crippen LogP contribution in [0.3, 0.4) is 0 Å². The van der Waals surface area contributed by atoms with Gasteiger partial charge in [-0.1, -0.05) is 35.3 Å². The number of pyridine rings is 1. The molecule has 4 rings (SSSR count). The lowest BCUT2D eigenvalue weighted by Gasteiger charge is -2.32. The molecule has 8 heteroatoms. The molecular weight excluding hydrogens is 483 g/mol. The van der Waals surface area contributed by atoms with Crippen molar-refractivity contribution in [2.24, 2.45) is 0 Å². The maximum Gasteiger partial charge on any atom is 0.145 e. The van der Waals surface area contributed by atoms with Gasteiger partial charge in [-0.15, -0.1) is 0 Å². The van der Waals surface area contributed by atoms with Crippen molar-refractivity contribution in [3.8, 4) is 22.6 Å². The van der Waals surface area contributed by atoms with E-state index in [-0.39, 0.29) is 0 Å². The van der Waals surface area contributed by atoms with Crippen molar-refractivity contribution >= 4 is 29.0 Å². The van der Waals surface area contributed by atoms with E-state index in [0.717, 1.165) is 60.7 Å². The van der Waals surface area contributed by atoms with Crippen LogP contribution in [0.25, 0.3) is 11.1 Å². The van der Waals surface area contributed by atoms with Crippen LogP contribution in [0.5, 0.6) is 11.5 Å². The first-order valence-corrected chi connectivity index (χ1v) is 12.7. The van der Waals surface area contributed by atoms with Crippen molar-refractivity contribution in [1.82, 2.24) is 15.6 Å². The molecule has 0 spiro atoms. The summed E-state index contributed by atoms with van der Waals surface area (Å²) in [6.45, 7) is 4.03. The number of piperidine rings is 1. The number of methoxy groups -OCH3 is 1. The Morgan fingerprint density at radius 2 is 1.83 bits per heavy atom. The number of hydrogen-bond acceptors (Lipinski definition) is 6. The zero-order valence-electron chi connectivity index (χ0n) is 20.2. The van der Waals surface area contributed by atoms with Gasteiger partial charge in [-0.25, -0.2) is 4.98 Å². The Hall–Kier alpha value is -2.35. The third-order valence-corrected chi connectivity index (χ3v) is 6.67. The molecule has 0 atom stereocenters. The molecule has 0 bridgehead atoms. The number of hydrogen-bond donors (Lipinski definition) is 2. The number of nitrogens with one attached hydrogen (secondary N) is 2. The Labute approximate surface area is 217 Å². The van der Waals surface area contributed by atoms with E-state index in [4.69, 9.17) is 32.7 Å². The SMILES string of the molecule is CNC1CCN(c2ccc(Oc3cccc(CNCCOC)c3-c3cc(Cl)cc(Cl)c3)cn2)CC1. The van der Waals surface area contributed by atoms with Gasteiger partial charge < -0.3 is 25.0 Å². The van der Waals surface area contributed by atoms with Crippen LogP contribution in [0.2, 0.25) is 10.0 Å². The van der Waals surface area contributed by atoms with Gasteiger partial charge in [0.15, 0.2) is 0 Å². The van der Waals surface area contributed by atoms with Gasteiger partial charge in [-0.2, -0.15) is 0 Å². The first-order chi connectivity index (χ1) is 17.1. The third kappa shape index (κ3) is 6.87. The van der Waals surface area contributed by atoms with E-state index in [1.807, 2.05) is 43.4 Å². The van der Waals surface area contributed by atoms with Gasteiger partial charge in [0, 0.05) is 54.9 Å². The Balaban J connectivity index is 1.58. The molecule has 1 saturated heterocycles. The summed E-state index contributed by atoms with van der Waals surface area (Å²) in [5.41, 5.74) is 2.92. The number of anilines is 1. The monoisotopic (exact) mass is 514 g/mol. The number of benzene rings is 2. The highest BCUT2D eigenvalue weighted by atomic mass is 35.5. The van der Waals surface area contributed by atoms with Crippen LogP contribution in [0, 0.1) is 0 Å². The van der Waals surface area contributed by atoms with E-state index in [0.29, 0.717) is 35.0 Å². The largest absolute Gasteiger partial charge is 0.455 e. The summed E-state index contributed by atoms with van der Waals surface area (Å²) in [7, 11) is 3.72. The molecule has 0 unspecified atom stereocenters. The lowest BCUT2D eigenvalue weighted by atomic mass is 9.98. The first-order valence-electron chi connectivity index (χ1n) is 11.9. The smallest absolute Gasteiger partial charge is 0.145 e. The van der Waals surface area contributed by atoms with Crippen molar-refractivity contribution in [2.75, 3.05) is 45.3 Å². The summed E-state index contributed by atoms with van der Waals surface area (Å²) < 4.78 is 11.5. The van der Waals surface area contributed by atoms with Gasteiger partial charge in [0.25, 0.3) is 0 Å². The van der Waals surface area contributed by atoms with Crippen LogP contribution >= 0.6 is 23.2 Å². The highest BCUT2D eigenvalue weighted by Crippen LogP contribution is 2.38. The molecular formula is C27H32Cl2N4O2. The average molecular weight is 515 g/mol.